The number of amides is 1. The van der Waals surface area contributed by atoms with E-state index in [4.69, 9.17) is 5.11 Å². The SMILES string of the molecule is O=C(O)CCSCC(=O)Nc1cccc(F)c1. The molecule has 1 aromatic rings. The summed E-state index contributed by atoms with van der Waals surface area (Å²) in [6.07, 6.45) is 0.0257. The highest BCUT2D eigenvalue weighted by Crippen LogP contribution is 2.10. The third-order valence-corrected chi connectivity index (χ3v) is 2.76. The van der Waals surface area contributed by atoms with Gasteiger partial charge in [-0.2, -0.15) is 11.8 Å². The third-order valence-electron chi connectivity index (χ3n) is 1.80. The van der Waals surface area contributed by atoms with Crippen molar-refractivity contribution in [1.29, 1.82) is 0 Å². The fraction of sp³-hybridized carbons (Fsp3) is 0.273. The molecule has 0 saturated carbocycles. The second kappa shape index (κ2) is 6.90. The predicted molar refractivity (Wildman–Crippen MR) is 64.6 cm³/mol. The van der Waals surface area contributed by atoms with Gasteiger partial charge in [0.2, 0.25) is 5.91 Å². The smallest absolute Gasteiger partial charge is 0.304 e. The Hall–Kier alpha value is -1.56. The molecule has 92 valence electrons. The number of nitrogens with one attached hydrogen (secondary N) is 1. The van der Waals surface area contributed by atoms with Gasteiger partial charge >= 0.3 is 5.97 Å². The summed E-state index contributed by atoms with van der Waals surface area (Å²) in [5, 5.41) is 10.9. The van der Waals surface area contributed by atoms with Crippen LogP contribution >= 0.6 is 11.8 Å². The van der Waals surface area contributed by atoms with E-state index in [1.54, 1.807) is 6.07 Å². The molecule has 0 bridgehead atoms. The minimum absolute atomic E-state index is 0.0257. The summed E-state index contributed by atoms with van der Waals surface area (Å²) >= 11 is 1.23. The zero-order valence-corrected chi connectivity index (χ0v) is 9.80. The molecule has 0 aromatic heterocycles. The Labute approximate surface area is 102 Å². The van der Waals surface area contributed by atoms with Crippen LogP contribution in [0.15, 0.2) is 24.3 Å². The molecule has 0 fully saturated rings. The maximum Gasteiger partial charge on any atom is 0.304 e. The first-order chi connectivity index (χ1) is 8.08. The molecule has 1 amide bonds. The number of carbonyl (C=O) groups is 2. The zero-order valence-electron chi connectivity index (χ0n) is 8.98. The monoisotopic (exact) mass is 257 g/mol. The summed E-state index contributed by atoms with van der Waals surface area (Å²) in [6.45, 7) is 0. The highest BCUT2D eigenvalue weighted by molar-refractivity contribution is 7.99. The molecule has 2 N–H and O–H groups in total. The Bertz CT molecular complexity index is 411. The van der Waals surface area contributed by atoms with Crippen LogP contribution in [0.3, 0.4) is 0 Å². The van der Waals surface area contributed by atoms with E-state index in [2.05, 4.69) is 5.32 Å². The van der Waals surface area contributed by atoms with Gasteiger partial charge in [-0.1, -0.05) is 6.07 Å². The van der Waals surface area contributed by atoms with E-state index in [0.717, 1.165) is 0 Å². The van der Waals surface area contributed by atoms with Crippen molar-refractivity contribution in [3.63, 3.8) is 0 Å². The van der Waals surface area contributed by atoms with Crippen molar-refractivity contribution < 1.29 is 19.1 Å². The van der Waals surface area contributed by atoms with Crippen molar-refractivity contribution in [3.05, 3.63) is 30.1 Å². The lowest BCUT2D eigenvalue weighted by atomic mass is 10.3. The number of carboxylic acid groups (broad SMARTS) is 1. The normalized spacial score (nSPS) is 9.94. The zero-order chi connectivity index (χ0) is 12.7. The average Bonchev–Trinajstić information content (AvgIpc) is 2.24. The Kier molecular flexibility index (Phi) is 5.48. The van der Waals surface area contributed by atoms with Crippen molar-refractivity contribution in [3.8, 4) is 0 Å². The molecular weight excluding hydrogens is 245 g/mol. The minimum Gasteiger partial charge on any atom is -0.481 e. The van der Waals surface area contributed by atoms with Gasteiger partial charge in [-0.25, -0.2) is 4.39 Å². The van der Waals surface area contributed by atoms with Gasteiger partial charge in [-0.15, -0.1) is 0 Å². The fourth-order valence-electron chi connectivity index (χ4n) is 1.09. The van der Waals surface area contributed by atoms with Crippen LogP contribution < -0.4 is 5.32 Å². The maximum atomic E-state index is 12.8. The van der Waals surface area contributed by atoms with E-state index >= 15 is 0 Å². The average molecular weight is 257 g/mol. The van der Waals surface area contributed by atoms with Gasteiger partial charge < -0.3 is 10.4 Å². The van der Waals surface area contributed by atoms with E-state index in [-0.39, 0.29) is 18.1 Å². The third kappa shape index (κ3) is 5.91. The summed E-state index contributed by atoms with van der Waals surface area (Å²) < 4.78 is 12.8. The van der Waals surface area contributed by atoms with Crippen LogP contribution in [0.5, 0.6) is 0 Å². The Balaban J connectivity index is 2.27. The van der Waals surface area contributed by atoms with Gasteiger partial charge in [0.25, 0.3) is 0 Å². The van der Waals surface area contributed by atoms with Crippen LogP contribution in [0.25, 0.3) is 0 Å². The van der Waals surface area contributed by atoms with Gasteiger partial charge in [0, 0.05) is 11.4 Å². The lowest BCUT2D eigenvalue weighted by Gasteiger charge is -2.04. The molecule has 0 atom stereocenters. The number of hydrogen-bond donors (Lipinski definition) is 2. The highest BCUT2D eigenvalue weighted by atomic mass is 32.2. The molecule has 4 nitrogen and oxygen atoms in total. The van der Waals surface area contributed by atoms with E-state index in [1.807, 2.05) is 0 Å². The van der Waals surface area contributed by atoms with E-state index < -0.39 is 11.8 Å². The number of rotatable bonds is 6. The van der Waals surface area contributed by atoms with Crippen LogP contribution in [0.4, 0.5) is 10.1 Å². The Morgan fingerprint density at radius 3 is 2.82 bits per heavy atom. The van der Waals surface area contributed by atoms with Gasteiger partial charge in [-0.3, -0.25) is 9.59 Å². The number of thioether (sulfide) groups is 1. The number of benzene rings is 1. The second-order valence-electron chi connectivity index (χ2n) is 3.25. The van der Waals surface area contributed by atoms with Crippen LogP contribution in [0, 0.1) is 5.82 Å². The Morgan fingerprint density at radius 1 is 1.41 bits per heavy atom. The molecule has 1 aromatic carbocycles. The van der Waals surface area contributed by atoms with Gasteiger partial charge in [0.05, 0.1) is 12.2 Å². The molecule has 0 aliphatic rings. The van der Waals surface area contributed by atoms with Crippen LogP contribution in [0.1, 0.15) is 6.42 Å². The molecule has 0 heterocycles. The number of carboxylic acids is 1. The first kappa shape index (κ1) is 13.5. The van der Waals surface area contributed by atoms with E-state index in [9.17, 15) is 14.0 Å². The molecule has 0 unspecified atom stereocenters. The first-order valence-electron chi connectivity index (χ1n) is 4.93. The molecule has 1 rings (SSSR count). The van der Waals surface area contributed by atoms with Gasteiger partial charge in [0.1, 0.15) is 5.82 Å². The number of hydrogen-bond acceptors (Lipinski definition) is 3. The molecule has 6 heteroatoms. The van der Waals surface area contributed by atoms with Crippen molar-refractivity contribution in [2.45, 2.75) is 6.42 Å². The van der Waals surface area contributed by atoms with Crippen LogP contribution in [0.2, 0.25) is 0 Å². The van der Waals surface area contributed by atoms with Crippen LogP contribution in [-0.4, -0.2) is 28.5 Å². The molecule has 0 radical (unpaired) electrons. The predicted octanol–water partition coefficient (Wildman–Crippen LogP) is 1.97. The standard InChI is InChI=1S/C11H12FNO3S/c12-8-2-1-3-9(6-8)13-10(14)7-17-5-4-11(15)16/h1-3,6H,4-5,7H2,(H,13,14)(H,15,16). The lowest BCUT2D eigenvalue weighted by Crippen LogP contribution is -2.14. The van der Waals surface area contributed by atoms with Crippen molar-refractivity contribution >= 4 is 29.3 Å². The number of carbonyl (C=O) groups excluding carboxylic acids is 1. The maximum absolute atomic E-state index is 12.8. The number of anilines is 1. The number of halogens is 1. The second-order valence-corrected chi connectivity index (χ2v) is 4.36. The van der Waals surface area contributed by atoms with Gasteiger partial charge in [0.15, 0.2) is 0 Å². The fourth-order valence-corrected chi connectivity index (χ4v) is 1.81. The summed E-state index contributed by atoms with van der Waals surface area (Å²) in [5.41, 5.74) is 0.397. The molecular formula is C11H12FNO3S. The molecule has 0 spiro atoms. The summed E-state index contributed by atoms with van der Waals surface area (Å²) in [4.78, 5) is 21.6. The first-order valence-corrected chi connectivity index (χ1v) is 6.08. The molecule has 0 aliphatic heterocycles. The lowest BCUT2D eigenvalue weighted by molar-refractivity contribution is -0.136. The molecule has 0 saturated heterocycles. The number of aliphatic carboxylic acids is 1. The quantitative estimate of drug-likeness (QED) is 0.765. The molecule has 0 aliphatic carbocycles. The van der Waals surface area contributed by atoms with E-state index in [1.165, 1.54) is 30.0 Å². The van der Waals surface area contributed by atoms with Crippen molar-refractivity contribution in [2.75, 3.05) is 16.8 Å². The van der Waals surface area contributed by atoms with Crippen molar-refractivity contribution in [2.24, 2.45) is 0 Å². The largest absolute Gasteiger partial charge is 0.481 e. The summed E-state index contributed by atoms with van der Waals surface area (Å²) in [6, 6.07) is 5.60. The molecule has 17 heavy (non-hydrogen) atoms. The summed E-state index contributed by atoms with van der Waals surface area (Å²) in [7, 11) is 0. The topological polar surface area (TPSA) is 66.4 Å². The van der Waals surface area contributed by atoms with Crippen molar-refractivity contribution in [1.82, 2.24) is 0 Å². The Morgan fingerprint density at radius 2 is 2.18 bits per heavy atom. The van der Waals surface area contributed by atoms with Crippen LogP contribution in [-0.2, 0) is 9.59 Å². The van der Waals surface area contributed by atoms with Gasteiger partial charge in [-0.05, 0) is 18.2 Å². The highest BCUT2D eigenvalue weighted by Gasteiger charge is 2.04. The van der Waals surface area contributed by atoms with E-state index in [0.29, 0.717) is 11.4 Å². The summed E-state index contributed by atoms with van der Waals surface area (Å²) in [5.74, 6) is -1.04. The minimum atomic E-state index is -0.886.